The molecule has 0 saturated carbocycles. The highest BCUT2D eigenvalue weighted by Crippen LogP contribution is 2.32. The van der Waals surface area contributed by atoms with Crippen LogP contribution in [0.25, 0.3) is 11.3 Å². The number of benzene rings is 2. The van der Waals surface area contributed by atoms with Crippen LogP contribution in [0.2, 0.25) is 0 Å². The summed E-state index contributed by atoms with van der Waals surface area (Å²) in [5.74, 6) is 0.469. The lowest BCUT2D eigenvalue weighted by Gasteiger charge is -2.23. The minimum absolute atomic E-state index is 0.109. The molecule has 11 nitrogen and oxygen atoms in total. The fraction of sp³-hybridized carbons (Fsp3) is 0.447. The van der Waals surface area contributed by atoms with Crippen molar-refractivity contribution in [3.8, 4) is 11.3 Å². The van der Waals surface area contributed by atoms with Gasteiger partial charge in [0.2, 0.25) is 0 Å². The van der Waals surface area contributed by atoms with Crippen LogP contribution in [0.3, 0.4) is 0 Å². The summed E-state index contributed by atoms with van der Waals surface area (Å²) in [5.41, 5.74) is 6.96. The average molecular weight is 706 g/mol. The molecule has 4 rings (SSSR count). The van der Waals surface area contributed by atoms with Crippen LogP contribution in [-0.2, 0) is 30.2 Å². The molecule has 0 fully saturated rings. The maximum Gasteiger partial charge on any atom is 0.267 e. The Balaban J connectivity index is 1.09. The lowest BCUT2D eigenvalue weighted by molar-refractivity contribution is -0.118. The number of aromatic nitrogens is 1. The largest absolute Gasteiger partial charge is 0.379 e. The van der Waals surface area contributed by atoms with Crippen molar-refractivity contribution in [2.24, 2.45) is 0 Å². The molecule has 2 amide bonds. The fourth-order valence-electron chi connectivity index (χ4n) is 5.28. The molecule has 3 aromatic rings. The number of thioether (sulfide) groups is 1. The SMILES string of the molecule is CCN(CC)c1ccc(NC(=O)c2cccc(CCCOCCOCCOCCOCCNC(=O)C3=CSCN3)c2)c(-c2cc(C)ccn2)c1. The van der Waals surface area contributed by atoms with Gasteiger partial charge in [0.1, 0.15) is 5.70 Å². The third-order valence-corrected chi connectivity index (χ3v) is 8.67. The minimum Gasteiger partial charge on any atom is -0.379 e. The Morgan fingerprint density at radius 3 is 2.26 bits per heavy atom. The lowest BCUT2D eigenvalue weighted by atomic mass is 10.0. The van der Waals surface area contributed by atoms with E-state index >= 15 is 0 Å². The highest BCUT2D eigenvalue weighted by atomic mass is 32.2. The van der Waals surface area contributed by atoms with E-state index in [4.69, 9.17) is 18.9 Å². The number of carbonyl (C=O) groups is 2. The molecule has 0 atom stereocenters. The van der Waals surface area contributed by atoms with E-state index in [0.29, 0.717) is 70.7 Å². The first-order valence-electron chi connectivity index (χ1n) is 17.4. The first-order valence-corrected chi connectivity index (χ1v) is 18.4. The molecule has 270 valence electrons. The Bertz CT molecular complexity index is 1530. The predicted molar refractivity (Wildman–Crippen MR) is 201 cm³/mol. The maximum atomic E-state index is 13.4. The molecule has 0 unspecified atom stereocenters. The summed E-state index contributed by atoms with van der Waals surface area (Å²) in [6, 6.07) is 17.9. The second-order valence-electron chi connectivity index (χ2n) is 11.6. The number of nitrogens with one attached hydrogen (secondary N) is 3. The minimum atomic E-state index is -0.156. The van der Waals surface area contributed by atoms with Gasteiger partial charge >= 0.3 is 0 Å². The summed E-state index contributed by atoms with van der Waals surface area (Å²) in [6.45, 7) is 12.5. The van der Waals surface area contributed by atoms with E-state index in [1.165, 1.54) is 0 Å². The Morgan fingerprint density at radius 1 is 0.860 bits per heavy atom. The maximum absolute atomic E-state index is 13.4. The molecular formula is C38H51N5O6S. The molecule has 50 heavy (non-hydrogen) atoms. The van der Waals surface area contributed by atoms with Gasteiger partial charge in [-0.2, -0.15) is 0 Å². The summed E-state index contributed by atoms with van der Waals surface area (Å²) in [4.78, 5) is 32.1. The Hall–Kier alpha value is -3.94. The number of hydrogen-bond acceptors (Lipinski definition) is 10. The van der Waals surface area contributed by atoms with Crippen molar-refractivity contribution in [1.82, 2.24) is 15.6 Å². The van der Waals surface area contributed by atoms with Crippen molar-refractivity contribution in [2.45, 2.75) is 33.6 Å². The van der Waals surface area contributed by atoms with Crippen molar-refractivity contribution < 1.29 is 28.5 Å². The molecule has 2 heterocycles. The smallest absolute Gasteiger partial charge is 0.267 e. The Morgan fingerprint density at radius 2 is 1.58 bits per heavy atom. The molecule has 12 heteroatoms. The average Bonchev–Trinajstić information content (AvgIpc) is 3.68. The number of carbonyl (C=O) groups excluding carboxylic acids is 2. The Kier molecular flexibility index (Phi) is 17.1. The zero-order valence-corrected chi connectivity index (χ0v) is 30.3. The van der Waals surface area contributed by atoms with Crippen LogP contribution in [0, 0.1) is 6.92 Å². The molecule has 0 aliphatic carbocycles. The molecule has 0 saturated heterocycles. The van der Waals surface area contributed by atoms with Gasteiger partial charge in [0.25, 0.3) is 11.8 Å². The van der Waals surface area contributed by atoms with Crippen LogP contribution in [-0.4, -0.2) is 95.2 Å². The summed E-state index contributed by atoms with van der Waals surface area (Å²) in [6.07, 6.45) is 3.44. The third-order valence-electron chi connectivity index (χ3n) is 7.95. The van der Waals surface area contributed by atoms with E-state index in [9.17, 15) is 9.59 Å². The number of hydrogen-bond donors (Lipinski definition) is 3. The summed E-state index contributed by atoms with van der Waals surface area (Å²) < 4.78 is 22.3. The topological polar surface area (TPSA) is 123 Å². The third kappa shape index (κ3) is 13.1. The van der Waals surface area contributed by atoms with E-state index in [-0.39, 0.29) is 11.8 Å². The van der Waals surface area contributed by atoms with Crippen LogP contribution in [0.15, 0.2) is 71.9 Å². The number of nitrogens with zero attached hydrogens (tertiary/aromatic N) is 2. The van der Waals surface area contributed by atoms with Gasteiger partial charge in [0, 0.05) is 54.7 Å². The van der Waals surface area contributed by atoms with Crippen molar-refractivity contribution in [3.05, 3.63) is 88.6 Å². The van der Waals surface area contributed by atoms with Crippen molar-refractivity contribution in [1.29, 1.82) is 0 Å². The van der Waals surface area contributed by atoms with Gasteiger partial charge in [-0.1, -0.05) is 12.1 Å². The molecule has 0 bridgehead atoms. The van der Waals surface area contributed by atoms with E-state index < -0.39 is 0 Å². The Labute approximate surface area is 300 Å². The van der Waals surface area contributed by atoms with Gasteiger partial charge in [-0.05, 0) is 87.2 Å². The molecule has 2 aromatic carbocycles. The van der Waals surface area contributed by atoms with Crippen LogP contribution in [0.4, 0.5) is 11.4 Å². The fourth-order valence-corrected chi connectivity index (χ4v) is 5.96. The van der Waals surface area contributed by atoms with Gasteiger partial charge < -0.3 is 39.8 Å². The van der Waals surface area contributed by atoms with Crippen molar-refractivity contribution in [3.63, 3.8) is 0 Å². The van der Waals surface area contributed by atoms with E-state index in [1.54, 1.807) is 18.0 Å². The van der Waals surface area contributed by atoms with Crippen LogP contribution < -0.4 is 20.9 Å². The first kappa shape index (κ1) is 38.9. The number of ether oxygens (including phenoxy) is 4. The van der Waals surface area contributed by atoms with Gasteiger partial charge in [-0.25, -0.2) is 0 Å². The molecule has 3 N–H and O–H groups in total. The highest BCUT2D eigenvalue weighted by molar-refractivity contribution is 8.02. The van der Waals surface area contributed by atoms with Crippen LogP contribution in [0.1, 0.15) is 41.8 Å². The van der Waals surface area contributed by atoms with Crippen LogP contribution >= 0.6 is 11.8 Å². The zero-order chi connectivity index (χ0) is 35.4. The number of pyridine rings is 1. The predicted octanol–water partition coefficient (Wildman–Crippen LogP) is 5.41. The van der Waals surface area contributed by atoms with Gasteiger partial charge in [0.05, 0.1) is 63.5 Å². The highest BCUT2D eigenvalue weighted by Gasteiger charge is 2.15. The summed E-state index contributed by atoms with van der Waals surface area (Å²) >= 11 is 1.56. The van der Waals surface area contributed by atoms with E-state index in [1.807, 2.05) is 54.8 Å². The van der Waals surface area contributed by atoms with Crippen molar-refractivity contribution in [2.75, 3.05) is 88.6 Å². The summed E-state index contributed by atoms with van der Waals surface area (Å²) in [7, 11) is 0. The zero-order valence-electron chi connectivity index (χ0n) is 29.5. The van der Waals surface area contributed by atoms with Gasteiger partial charge in [0.15, 0.2) is 0 Å². The monoisotopic (exact) mass is 705 g/mol. The summed E-state index contributed by atoms with van der Waals surface area (Å²) in [5, 5.41) is 10.8. The molecule has 0 radical (unpaired) electrons. The van der Waals surface area contributed by atoms with E-state index in [0.717, 1.165) is 65.6 Å². The lowest BCUT2D eigenvalue weighted by Crippen LogP contribution is -2.32. The van der Waals surface area contributed by atoms with E-state index in [2.05, 4.69) is 51.8 Å². The van der Waals surface area contributed by atoms with Gasteiger partial charge in [-0.3, -0.25) is 14.6 Å². The second-order valence-corrected chi connectivity index (χ2v) is 12.5. The number of amides is 2. The first-order chi connectivity index (χ1) is 24.5. The van der Waals surface area contributed by atoms with Gasteiger partial charge in [-0.15, -0.1) is 11.8 Å². The standard InChI is InChI=1S/C38H51N5O6S/c1-4-43(5-2)32-11-12-34(33(26-32)35-24-29(3)13-14-39-35)42-37(44)31-10-6-8-30(25-31)9-7-16-46-18-20-48-22-23-49-21-19-47-17-15-40-38(45)36-27-50-28-41-36/h6,8,10-14,24-27,41H,4-5,7,9,15-23,28H2,1-3H3,(H,40,45)(H,42,44). The number of anilines is 2. The van der Waals surface area contributed by atoms with Crippen LogP contribution in [0.5, 0.6) is 0 Å². The normalized spacial score (nSPS) is 12.3. The second kappa shape index (κ2) is 22.0. The quantitative estimate of drug-likeness (QED) is 0.111. The molecule has 1 aliphatic heterocycles. The number of aryl methyl sites for hydroxylation is 2. The molecular weight excluding hydrogens is 655 g/mol. The van der Waals surface area contributed by atoms with Crippen molar-refractivity contribution >= 4 is 35.0 Å². The molecule has 1 aliphatic rings. The molecule has 1 aromatic heterocycles. The number of rotatable bonds is 23. The molecule has 0 spiro atoms.